The zero-order chi connectivity index (χ0) is 20.1. The Morgan fingerprint density at radius 2 is 1.93 bits per heavy atom. The minimum atomic E-state index is 0.369. The molecule has 0 saturated carbocycles. The van der Waals surface area contributed by atoms with E-state index in [1.807, 2.05) is 0 Å². The minimum absolute atomic E-state index is 0.369. The second kappa shape index (κ2) is 8.98. The highest BCUT2D eigenvalue weighted by atomic mass is 35.5. The molecule has 0 bridgehead atoms. The summed E-state index contributed by atoms with van der Waals surface area (Å²) in [7, 11) is 3.15. The van der Waals surface area contributed by atoms with E-state index in [1.54, 1.807) is 44.6 Å². The van der Waals surface area contributed by atoms with Crippen molar-refractivity contribution in [3.63, 3.8) is 0 Å². The van der Waals surface area contributed by atoms with Crippen LogP contribution in [0.25, 0.3) is 10.9 Å². The molecule has 0 unspecified atom stereocenters. The van der Waals surface area contributed by atoms with E-state index in [-0.39, 0.29) is 0 Å². The van der Waals surface area contributed by atoms with Crippen LogP contribution in [-0.2, 0) is 4.74 Å². The molecule has 0 atom stereocenters. The van der Waals surface area contributed by atoms with Gasteiger partial charge in [-0.15, -0.1) is 0 Å². The molecule has 28 heavy (non-hydrogen) atoms. The largest absolute Gasteiger partial charge is 0.493 e. The van der Waals surface area contributed by atoms with E-state index in [1.165, 1.54) is 6.20 Å². The Morgan fingerprint density at radius 3 is 2.61 bits per heavy atom. The highest BCUT2D eigenvalue weighted by Crippen LogP contribution is 2.38. The number of anilines is 2. The molecule has 144 valence electrons. The summed E-state index contributed by atoms with van der Waals surface area (Å²) < 4.78 is 16.2. The quantitative estimate of drug-likeness (QED) is 0.532. The van der Waals surface area contributed by atoms with Crippen LogP contribution >= 0.6 is 23.2 Å². The summed E-state index contributed by atoms with van der Waals surface area (Å²) in [6, 6.07) is 10.8. The zero-order valence-corrected chi connectivity index (χ0v) is 16.8. The number of benzene rings is 2. The molecule has 3 rings (SSSR count). The average Bonchev–Trinajstić information content (AvgIpc) is 2.69. The maximum absolute atomic E-state index is 9.54. The molecule has 3 aromatic rings. The molecule has 6 nitrogen and oxygen atoms in total. The summed E-state index contributed by atoms with van der Waals surface area (Å²) in [4.78, 5) is 4.37. The third-order valence-electron chi connectivity index (χ3n) is 4.01. The summed E-state index contributed by atoms with van der Waals surface area (Å²) in [6.45, 7) is 0.823. The fraction of sp³-hybridized carbons (Fsp3) is 0.200. The van der Waals surface area contributed by atoms with Gasteiger partial charge in [0.25, 0.3) is 0 Å². The van der Waals surface area contributed by atoms with Gasteiger partial charge in [0.05, 0.1) is 41.2 Å². The smallest absolute Gasteiger partial charge is 0.163 e. The topological polar surface area (TPSA) is 76.4 Å². The third kappa shape index (κ3) is 4.23. The molecule has 0 radical (unpaired) electrons. The zero-order valence-electron chi connectivity index (χ0n) is 15.3. The van der Waals surface area contributed by atoms with Gasteiger partial charge < -0.3 is 19.5 Å². The van der Waals surface area contributed by atoms with Crippen molar-refractivity contribution in [2.75, 3.05) is 32.8 Å². The number of fused-ring (bicyclic) bond motifs is 1. The average molecular weight is 418 g/mol. The SMILES string of the molecule is COCCOc1cc2ncc(C#N)c(Nc3ccc(Cl)cc3Cl)c2cc1OC. The third-order valence-corrected chi connectivity index (χ3v) is 4.56. The van der Waals surface area contributed by atoms with Crippen molar-refractivity contribution in [1.29, 1.82) is 5.26 Å². The number of rotatable bonds is 7. The predicted octanol–water partition coefficient (Wildman–Crippen LogP) is 5.19. The van der Waals surface area contributed by atoms with Crippen molar-refractivity contribution in [2.24, 2.45) is 0 Å². The number of hydrogen-bond acceptors (Lipinski definition) is 6. The van der Waals surface area contributed by atoms with Crippen LogP contribution in [0.2, 0.25) is 10.0 Å². The summed E-state index contributed by atoms with van der Waals surface area (Å²) in [5, 5.41) is 14.4. The van der Waals surface area contributed by atoms with Crippen LogP contribution in [0.15, 0.2) is 36.5 Å². The summed E-state index contributed by atoms with van der Waals surface area (Å²) in [5.41, 5.74) is 2.20. The number of aromatic nitrogens is 1. The Morgan fingerprint density at radius 1 is 1.11 bits per heavy atom. The van der Waals surface area contributed by atoms with Crippen LogP contribution in [-0.4, -0.2) is 32.4 Å². The molecule has 2 aromatic carbocycles. The monoisotopic (exact) mass is 417 g/mol. The summed E-state index contributed by atoms with van der Waals surface area (Å²) in [6.07, 6.45) is 1.50. The lowest BCUT2D eigenvalue weighted by atomic mass is 10.1. The van der Waals surface area contributed by atoms with E-state index in [0.29, 0.717) is 62.6 Å². The fourth-order valence-electron chi connectivity index (χ4n) is 2.65. The lowest BCUT2D eigenvalue weighted by Crippen LogP contribution is -2.05. The molecule has 0 fully saturated rings. The maximum Gasteiger partial charge on any atom is 0.163 e. The lowest BCUT2D eigenvalue weighted by Gasteiger charge is -2.16. The Balaban J connectivity index is 2.10. The van der Waals surface area contributed by atoms with Crippen molar-refractivity contribution in [3.8, 4) is 17.6 Å². The number of nitrogens with one attached hydrogen (secondary N) is 1. The van der Waals surface area contributed by atoms with Gasteiger partial charge in [-0.25, -0.2) is 0 Å². The van der Waals surface area contributed by atoms with E-state index in [4.69, 9.17) is 37.4 Å². The van der Waals surface area contributed by atoms with Crippen LogP contribution in [0.3, 0.4) is 0 Å². The first-order valence-corrected chi connectivity index (χ1v) is 9.07. The van der Waals surface area contributed by atoms with E-state index in [2.05, 4.69) is 16.4 Å². The van der Waals surface area contributed by atoms with Crippen LogP contribution in [0.4, 0.5) is 11.4 Å². The Labute approximate surface area is 172 Å². The number of pyridine rings is 1. The lowest BCUT2D eigenvalue weighted by molar-refractivity contribution is 0.144. The molecule has 0 aliphatic heterocycles. The first-order valence-electron chi connectivity index (χ1n) is 8.32. The van der Waals surface area contributed by atoms with Gasteiger partial charge in [-0.1, -0.05) is 23.2 Å². The van der Waals surface area contributed by atoms with Gasteiger partial charge in [0.15, 0.2) is 11.5 Å². The normalized spacial score (nSPS) is 10.5. The first-order chi connectivity index (χ1) is 13.6. The second-order valence-corrected chi connectivity index (χ2v) is 6.61. The van der Waals surface area contributed by atoms with Gasteiger partial charge in [-0.3, -0.25) is 4.98 Å². The minimum Gasteiger partial charge on any atom is -0.493 e. The number of methoxy groups -OCH3 is 2. The molecule has 0 saturated heterocycles. The van der Waals surface area contributed by atoms with Crippen LogP contribution in [0.1, 0.15) is 5.56 Å². The standard InChI is InChI=1S/C20H17Cl2N3O3/c1-26-5-6-28-19-9-17-14(8-18(19)27-2)20(12(10-23)11-24-17)25-16-4-3-13(21)7-15(16)22/h3-4,7-9,11H,5-6H2,1-2H3,(H,24,25). The number of nitriles is 1. The van der Waals surface area contributed by atoms with Crippen molar-refractivity contribution >= 4 is 45.5 Å². The van der Waals surface area contributed by atoms with Crippen molar-refractivity contribution in [3.05, 3.63) is 52.1 Å². The molecule has 0 aliphatic carbocycles. The molecular formula is C20H17Cl2N3O3. The Kier molecular flexibility index (Phi) is 6.42. The van der Waals surface area contributed by atoms with Gasteiger partial charge in [-0.2, -0.15) is 5.26 Å². The first kappa shape index (κ1) is 20.0. The maximum atomic E-state index is 9.54. The van der Waals surface area contributed by atoms with E-state index >= 15 is 0 Å². The fourth-order valence-corrected chi connectivity index (χ4v) is 3.11. The van der Waals surface area contributed by atoms with E-state index in [0.717, 1.165) is 0 Å². The van der Waals surface area contributed by atoms with Crippen molar-refractivity contribution in [1.82, 2.24) is 4.98 Å². The van der Waals surface area contributed by atoms with Gasteiger partial charge in [0.1, 0.15) is 12.7 Å². The molecule has 8 heteroatoms. The van der Waals surface area contributed by atoms with Crippen LogP contribution in [0.5, 0.6) is 11.5 Å². The van der Waals surface area contributed by atoms with E-state index in [9.17, 15) is 5.26 Å². The number of hydrogen-bond donors (Lipinski definition) is 1. The summed E-state index contributed by atoms with van der Waals surface area (Å²) in [5.74, 6) is 1.06. The molecule has 1 heterocycles. The second-order valence-electron chi connectivity index (χ2n) is 5.77. The van der Waals surface area contributed by atoms with Gasteiger partial charge >= 0.3 is 0 Å². The van der Waals surface area contributed by atoms with Crippen molar-refractivity contribution < 1.29 is 14.2 Å². The van der Waals surface area contributed by atoms with Gasteiger partial charge in [-0.05, 0) is 24.3 Å². The summed E-state index contributed by atoms with van der Waals surface area (Å²) >= 11 is 12.2. The molecule has 0 aliphatic rings. The van der Waals surface area contributed by atoms with Gasteiger partial charge in [0.2, 0.25) is 0 Å². The van der Waals surface area contributed by atoms with Crippen molar-refractivity contribution in [2.45, 2.75) is 0 Å². The Bertz CT molecular complexity index is 1050. The van der Waals surface area contributed by atoms with Crippen LogP contribution < -0.4 is 14.8 Å². The molecular weight excluding hydrogens is 401 g/mol. The number of nitrogens with zero attached hydrogens (tertiary/aromatic N) is 2. The molecule has 1 N–H and O–H groups in total. The van der Waals surface area contributed by atoms with Gasteiger partial charge in [0, 0.05) is 29.8 Å². The number of halogens is 2. The van der Waals surface area contributed by atoms with E-state index < -0.39 is 0 Å². The molecule has 0 spiro atoms. The Hall–Kier alpha value is -2.72. The molecule has 1 aromatic heterocycles. The highest BCUT2D eigenvalue weighted by Gasteiger charge is 2.15. The highest BCUT2D eigenvalue weighted by molar-refractivity contribution is 6.36. The molecule has 0 amide bonds. The number of ether oxygens (including phenoxy) is 3. The predicted molar refractivity (Wildman–Crippen MR) is 110 cm³/mol. The van der Waals surface area contributed by atoms with Crippen LogP contribution in [0, 0.1) is 11.3 Å².